The summed E-state index contributed by atoms with van der Waals surface area (Å²) >= 11 is 0. The predicted molar refractivity (Wildman–Crippen MR) is 80.4 cm³/mol. The second kappa shape index (κ2) is 11.8. The molecule has 1 atom stereocenters. The van der Waals surface area contributed by atoms with E-state index in [-0.39, 0.29) is 6.10 Å². The summed E-state index contributed by atoms with van der Waals surface area (Å²) in [6.07, 6.45) is 3.15. The van der Waals surface area contributed by atoms with Crippen LogP contribution in [0.1, 0.15) is 53.9 Å². The molecular weight excluding hydrogens is 260 g/mol. The Balaban J connectivity index is 4.34. The molecule has 0 aliphatic carbocycles. The Hall–Kier alpha value is 0.0569. The highest BCUT2D eigenvalue weighted by atomic mass is 28.4. The van der Waals surface area contributed by atoms with E-state index in [1.165, 1.54) is 0 Å². The van der Waals surface area contributed by atoms with Crippen LogP contribution >= 0.6 is 0 Å². The van der Waals surface area contributed by atoms with E-state index in [4.69, 9.17) is 18.0 Å². The lowest BCUT2D eigenvalue weighted by Gasteiger charge is -2.31. The molecule has 0 radical (unpaired) electrons. The molecule has 5 heteroatoms. The van der Waals surface area contributed by atoms with Gasteiger partial charge in [-0.25, -0.2) is 0 Å². The van der Waals surface area contributed by atoms with Crippen LogP contribution < -0.4 is 0 Å². The van der Waals surface area contributed by atoms with Crippen molar-refractivity contribution in [3.05, 3.63) is 0 Å². The van der Waals surface area contributed by atoms with Crippen LogP contribution in [0.15, 0.2) is 0 Å². The molecule has 0 aromatic heterocycles. The smallest absolute Gasteiger partial charge is 0.381 e. The molecule has 0 rings (SSSR count). The summed E-state index contributed by atoms with van der Waals surface area (Å²) in [6, 6.07) is 0.836. The van der Waals surface area contributed by atoms with Crippen molar-refractivity contribution in [1.82, 2.24) is 0 Å². The minimum Gasteiger partial charge on any atom is -0.381 e. The van der Waals surface area contributed by atoms with Crippen molar-refractivity contribution in [1.29, 1.82) is 0 Å². The van der Waals surface area contributed by atoms with Gasteiger partial charge in [0.25, 0.3) is 0 Å². The first-order valence-corrected chi connectivity index (χ1v) is 9.60. The monoisotopic (exact) mass is 292 g/mol. The van der Waals surface area contributed by atoms with Crippen LogP contribution in [0.25, 0.3) is 0 Å². The zero-order chi connectivity index (χ0) is 14.6. The molecule has 0 saturated carbocycles. The number of rotatable bonds is 13. The Morgan fingerprint density at radius 3 is 2.05 bits per heavy atom. The van der Waals surface area contributed by atoms with Crippen LogP contribution in [0.3, 0.4) is 0 Å². The summed E-state index contributed by atoms with van der Waals surface area (Å²) in [7, 11) is -2.52. The van der Waals surface area contributed by atoms with Gasteiger partial charge in [0.1, 0.15) is 0 Å². The number of ether oxygens (including phenoxy) is 1. The van der Waals surface area contributed by atoms with Crippen LogP contribution in [0, 0.1) is 0 Å². The zero-order valence-corrected chi connectivity index (χ0v) is 14.4. The Labute approximate surface area is 120 Å². The van der Waals surface area contributed by atoms with E-state index >= 15 is 0 Å². The maximum Gasteiger partial charge on any atom is 0.501 e. The molecular formula is C14H32O4Si. The summed E-state index contributed by atoms with van der Waals surface area (Å²) in [5, 5.41) is 0. The second-order valence-corrected chi connectivity index (χ2v) is 7.28. The average molecular weight is 292 g/mol. The van der Waals surface area contributed by atoms with Gasteiger partial charge in [0, 0.05) is 38.6 Å². The van der Waals surface area contributed by atoms with Crippen molar-refractivity contribution in [3.63, 3.8) is 0 Å². The normalized spacial score (nSPS) is 13.7. The van der Waals surface area contributed by atoms with E-state index in [1.807, 2.05) is 13.8 Å². The number of hydrogen-bond donors (Lipinski definition) is 0. The van der Waals surface area contributed by atoms with Gasteiger partial charge in [-0.15, -0.1) is 0 Å². The van der Waals surface area contributed by atoms with E-state index in [2.05, 4.69) is 20.8 Å². The first kappa shape index (κ1) is 19.1. The van der Waals surface area contributed by atoms with E-state index in [1.54, 1.807) is 0 Å². The SMILES string of the molecule is CCCOCCC[Si](OCC)(OCC)OC(C)CC. The van der Waals surface area contributed by atoms with Crippen molar-refractivity contribution in [2.45, 2.75) is 66.0 Å². The highest BCUT2D eigenvalue weighted by Gasteiger charge is 2.41. The molecule has 0 aliphatic heterocycles. The molecule has 0 aromatic carbocycles. The molecule has 19 heavy (non-hydrogen) atoms. The minimum atomic E-state index is -2.52. The van der Waals surface area contributed by atoms with Crippen LogP contribution in [0.2, 0.25) is 6.04 Å². The molecule has 0 aromatic rings. The van der Waals surface area contributed by atoms with Gasteiger partial charge >= 0.3 is 8.80 Å². The van der Waals surface area contributed by atoms with Gasteiger partial charge in [-0.2, -0.15) is 0 Å². The van der Waals surface area contributed by atoms with E-state index in [9.17, 15) is 0 Å². The van der Waals surface area contributed by atoms with Gasteiger partial charge in [-0.05, 0) is 40.0 Å². The van der Waals surface area contributed by atoms with Crippen molar-refractivity contribution in [2.24, 2.45) is 0 Å². The molecule has 1 unspecified atom stereocenters. The summed E-state index contributed by atoms with van der Waals surface area (Å²) in [5.74, 6) is 0. The van der Waals surface area contributed by atoms with E-state index in [0.29, 0.717) is 13.2 Å². The molecule has 4 nitrogen and oxygen atoms in total. The molecule has 0 amide bonds. The topological polar surface area (TPSA) is 36.9 Å². The molecule has 0 aliphatic rings. The van der Waals surface area contributed by atoms with Crippen LogP contribution in [-0.4, -0.2) is 41.3 Å². The molecule has 0 heterocycles. The lowest BCUT2D eigenvalue weighted by molar-refractivity contribution is 0.0341. The first-order chi connectivity index (χ1) is 9.14. The summed E-state index contributed by atoms with van der Waals surface area (Å²) in [4.78, 5) is 0. The maximum atomic E-state index is 6.11. The molecule has 0 saturated heterocycles. The van der Waals surface area contributed by atoms with Crippen LogP contribution in [0.4, 0.5) is 0 Å². The standard InChI is InChI=1S/C14H32O4Si/c1-6-11-15-12-10-13-19(16-8-3,17-9-4)18-14(5)7-2/h14H,6-13H2,1-5H3. The van der Waals surface area contributed by atoms with Crippen LogP contribution in [-0.2, 0) is 18.0 Å². The minimum absolute atomic E-state index is 0.182. The van der Waals surface area contributed by atoms with Gasteiger partial charge in [0.2, 0.25) is 0 Å². The predicted octanol–water partition coefficient (Wildman–Crippen LogP) is 3.63. The average Bonchev–Trinajstić information content (AvgIpc) is 2.39. The summed E-state index contributed by atoms with van der Waals surface area (Å²) in [6.45, 7) is 13.2. The highest BCUT2D eigenvalue weighted by Crippen LogP contribution is 2.21. The third-order valence-electron chi connectivity index (χ3n) is 2.80. The lowest BCUT2D eigenvalue weighted by atomic mass is 10.3. The molecule has 0 fully saturated rings. The molecule has 0 N–H and O–H groups in total. The van der Waals surface area contributed by atoms with Gasteiger partial charge in [0.15, 0.2) is 0 Å². The third-order valence-corrected chi connectivity index (χ3v) is 5.99. The largest absolute Gasteiger partial charge is 0.501 e. The first-order valence-electron chi connectivity index (χ1n) is 7.67. The fraction of sp³-hybridized carbons (Fsp3) is 1.00. The highest BCUT2D eigenvalue weighted by molar-refractivity contribution is 6.60. The van der Waals surface area contributed by atoms with Gasteiger partial charge in [-0.3, -0.25) is 0 Å². The maximum absolute atomic E-state index is 6.11. The number of hydrogen-bond acceptors (Lipinski definition) is 4. The Morgan fingerprint density at radius 2 is 1.58 bits per heavy atom. The Kier molecular flexibility index (Phi) is 11.9. The Morgan fingerprint density at radius 1 is 0.947 bits per heavy atom. The third kappa shape index (κ3) is 8.76. The van der Waals surface area contributed by atoms with Gasteiger partial charge in [-0.1, -0.05) is 13.8 Å². The molecule has 0 bridgehead atoms. The second-order valence-electron chi connectivity index (χ2n) is 4.60. The summed E-state index contributed by atoms with van der Waals surface area (Å²) < 4.78 is 23.4. The quantitative estimate of drug-likeness (QED) is 0.384. The van der Waals surface area contributed by atoms with E-state index in [0.717, 1.165) is 38.5 Å². The van der Waals surface area contributed by atoms with E-state index < -0.39 is 8.80 Å². The molecule has 0 spiro atoms. The van der Waals surface area contributed by atoms with Crippen molar-refractivity contribution < 1.29 is 18.0 Å². The van der Waals surface area contributed by atoms with Crippen molar-refractivity contribution >= 4 is 8.80 Å². The summed E-state index contributed by atoms with van der Waals surface area (Å²) in [5.41, 5.74) is 0. The van der Waals surface area contributed by atoms with Crippen molar-refractivity contribution in [2.75, 3.05) is 26.4 Å². The van der Waals surface area contributed by atoms with Crippen LogP contribution in [0.5, 0.6) is 0 Å². The van der Waals surface area contributed by atoms with Gasteiger partial charge < -0.3 is 18.0 Å². The van der Waals surface area contributed by atoms with Gasteiger partial charge in [0.05, 0.1) is 0 Å². The Bertz CT molecular complexity index is 196. The fourth-order valence-electron chi connectivity index (χ4n) is 1.78. The molecule has 116 valence electrons. The lowest BCUT2D eigenvalue weighted by Crippen LogP contribution is -2.48. The van der Waals surface area contributed by atoms with Crippen molar-refractivity contribution in [3.8, 4) is 0 Å². The fourth-order valence-corrected chi connectivity index (χ4v) is 4.64. The zero-order valence-electron chi connectivity index (χ0n) is 13.4.